The quantitative estimate of drug-likeness (QED) is 0.877. The van der Waals surface area contributed by atoms with Crippen LogP contribution in [0.5, 0.6) is 0 Å². The van der Waals surface area contributed by atoms with Gasteiger partial charge in [-0.05, 0) is 26.0 Å². The van der Waals surface area contributed by atoms with Crippen LogP contribution < -0.4 is 11.1 Å². The molecule has 0 aliphatic rings. The minimum atomic E-state index is -4.50. The van der Waals surface area contributed by atoms with E-state index >= 15 is 0 Å². The zero-order valence-electron chi connectivity index (χ0n) is 10.1. The number of anilines is 1. The second-order valence-corrected chi connectivity index (χ2v) is 4.59. The number of hydrogen-bond acceptors (Lipinski definition) is 2. The summed E-state index contributed by atoms with van der Waals surface area (Å²) in [6.45, 7) is 3.18. The van der Waals surface area contributed by atoms with E-state index in [-0.39, 0.29) is 12.2 Å². The zero-order valence-corrected chi connectivity index (χ0v) is 10.1. The molecule has 0 fully saturated rings. The fraction of sp³-hybridized carbons (Fsp3) is 0.417. The Balaban J connectivity index is 3.03. The first-order valence-electron chi connectivity index (χ1n) is 5.36. The van der Waals surface area contributed by atoms with Gasteiger partial charge in [0.1, 0.15) is 0 Å². The molecule has 0 unspecified atom stereocenters. The van der Waals surface area contributed by atoms with Gasteiger partial charge < -0.3 is 11.1 Å². The van der Waals surface area contributed by atoms with E-state index in [1.165, 1.54) is 18.2 Å². The Hall–Kier alpha value is -1.56. The SMILES string of the molecule is CC(C)(CN)C(=O)Nc1ccccc1C(F)(F)F. The van der Waals surface area contributed by atoms with Crippen LogP contribution in [0.2, 0.25) is 0 Å². The minimum absolute atomic E-state index is 0.0486. The Morgan fingerprint density at radius 3 is 2.33 bits per heavy atom. The molecule has 0 aliphatic carbocycles. The van der Waals surface area contributed by atoms with Crippen molar-refractivity contribution >= 4 is 11.6 Å². The number of nitrogens with two attached hydrogens (primary N) is 1. The predicted molar refractivity (Wildman–Crippen MR) is 62.9 cm³/mol. The molecule has 3 N–H and O–H groups in total. The molecule has 1 rings (SSSR count). The molecule has 0 spiro atoms. The smallest absolute Gasteiger partial charge is 0.329 e. The summed E-state index contributed by atoms with van der Waals surface area (Å²) in [5.74, 6) is -0.540. The maximum Gasteiger partial charge on any atom is 0.418 e. The Bertz CT molecular complexity index is 441. The monoisotopic (exact) mass is 260 g/mol. The molecule has 1 aromatic carbocycles. The Morgan fingerprint density at radius 2 is 1.83 bits per heavy atom. The van der Waals surface area contributed by atoms with Crippen molar-refractivity contribution in [2.45, 2.75) is 20.0 Å². The van der Waals surface area contributed by atoms with Crippen molar-refractivity contribution in [1.82, 2.24) is 0 Å². The molecule has 6 heteroatoms. The molecule has 1 aromatic rings. The van der Waals surface area contributed by atoms with Crippen LogP contribution in [0.3, 0.4) is 0 Å². The van der Waals surface area contributed by atoms with Crippen molar-refractivity contribution in [3.8, 4) is 0 Å². The van der Waals surface area contributed by atoms with E-state index in [0.29, 0.717) is 0 Å². The van der Waals surface area contributed by atoms with E-state index in [4.69, 9.17) is 5.73 Å². The van der Waals surface area contributed by atoms with Crippen LogP contribution in [-0.2, 0) is 11.0 Å². The lowest BCUT2D eigenvalue weighted by Gasteiger charge is -2.22. The summed E-state index contributed by atoms with van der Waals surface area (Å²) in [5.41, 5.74) is 3.36. The number of para-hydroxylation sites is 1. The van der Waals surface area contributed by atoms with Crippen molar-refractivity contribution in [2.75, 3.05) is 11.9 Å². The van der Waals surface area contributed by atoms with Gasteiger partial charge in [0.15, 0.2) is 0 Å². The summed E-state index contributed by atoms with van der Waals surface area (Å²) in [7, 11) is 0. The molecular weight excluding hydrogens is 245 g/mol. The summed E-state index contributed by atoms with van der Waals surface area (Å²) >= 11 is 0. The minimum Gasteiger partial charge on any atom is -0.329 e. The number of alkyl halides is 3. The molecule has 0 radical (unpaired) electrons. The number of hydrogen-bond donors (Lipinski definition) is 2. The molecule has 0 aliphatic heterocycles. The van der Waals surface area contributed by atoms with Gasteiger partial charge >= 0.3 is 6.18 Å². The standard InChI is InChI=1S/C12H15F3N2O/c1-11(2,7-16)10(18)17-9-6-4-3-5-8(9)12(13,14)15/h3-6H,7,16H2,1-2H3,(H,17,18). The summed E-state index contributed by atoms with van der Waals surface area (Å²) in [4.78, 5) is 11.8. The predicted octanol–water partition coefficient (Wildman–Crippen LogP) is 2.63. The Kier molecular flexibility index (Phi) is 4.01. The van der Waals surface area contributed by atoms with Gasteiger partial charge in [0.05, 0.1) is 16.7 Å². The van der Waals surface area contributed by atoms with Crippen LogP contribution >= 0.6 is 0 Å². The van der Waals surface area contributed by atoms with E-state index in [0.717, 1.165) is 6.07 Å². The fourth-order valence-electron chi connectivity index (χ4n) is 1.22. The first-order chi connectivity index (χ1) is 8.18. The average Bonchev–Trinajstić information content (AvgIpc) is 2.28. The first-order valence-corrected chi connectivity index (χ1v) is 5.36. The molecule has 3 nitrogen and oxygen atoms in total. The van der Waals surface area contributed by atoms with E-state index in [2.05, 4.69) is 5.32 Å². The van der Waals surface area contributed by atoms with Crippen LogP contribution in [0.4, 0.5) is 18.9 Å². The number of rotatable bonds is 3. The van der Waals surface area contributed by atoms with Crippen molar-refractivity contribution in [1.29, 1.82) is 0 Å². The maximum atomic E-state index is 12.7. The van der Waals surface area contributed by atoms with Gasteiger partial charge in [-0.3, -0.25) is 4.79 Å². The molecular formula is C12H15F3N2O. The highest BCUT2D eigenvalue weighted by Gasteiger charge is 2.35. The maximum absolute atomic E-state index is 12.7. The topological polar surface area (TPSA) is 55.1 Å². The van der Waals surface area contributed by atoms with Crippen molar-refractivity contribution in [3.63, 3.8) is 0 Å². The van der Waals surface area contributed by atoms with Gasteiger partial charge in [-0.2, -0.15) is 13.2 Å². The Labute approximate surface area is 103 Å². The molecule has 0 atom stereocenters. The molecule has 1 amide bonds. The highest BCUT2D eigenvalue weighted by atomic mass is 19.4. The van der Waals surface area contributed by atoms with Gasteiger partial charge in [0.25, 0.3) is 0 Å². The van der Waals surface area contributed by atoms with E-state index in [1.54, 1.807) is 13.8 Å². The number of amides is 1. The molecule has 0 saturated carbocycles. The highest BCUT2D eigenvalue weighted by molar-refractivity contribution is 5.95. The number of nitrogens with one attached hydrogen (secondary N) is 1. The number of carbonyl (C=O) groups excluding carboxylic acids is 1. The lowest BCUT2D eigenvalue weighted by Crippen LogP contribution is -2.37. The first kappa shape index (κ1) is 14.5. The molecule has 0 heterocycles. The van der Waals surface area contributed by atoms with Crippen LogP contribution in [-0.4, -0.2) is 12.5 Å². The van der Waals surface area contributed by atoms with Crippen LogP contribution in [0, 0.1) is 5.41 Å². The third-order valence-electron chi connectivity index (χ3n) is 2.61. The number of benzene rings is 1. The van der Waals surface area contributed by atoms with Gasteiger partial charge in [-0.15, -0.1) is 0 Å². The normalized spacial score (nSPS) is 12.3. The lowest BCUT2D eigenvalue weighted by molar-refractivity contribution is -0.137. The number of halogens is 3. The van der Waals surface area contributed by atoms with E-state index < -0.39 is 23.1 Å². The van der Waals surface area contributed by atoms with Gasteiger partial charge in [0, 0.05) is 6.54 Å². The summed E-state index contributed by atoms with van der Waals surface area (Å²) in [6.07, 6.45) is -4.50. The molecule has 0 saturated heterocycles. The van der Waals surface area contributed by atoms with Gasteiger partial charge in [-0.25, -0.2) is 0 Å². The summed E-state index contributed by atoms with van der Waals surface area (Å²) < 4.78 is 38.1. The fourth-order valence-corrected chi connectivity index (χ4v) is 1.22. The third kappa shape index (κ3) is 3.22. The van der Waals surface area contributed by atoms with Crippen LogP contribution in [0.15, 0.2) is 24.3 Å². The van der Waals surface area contributed by atoms with Gasteiger partial charge in [0.2, 0.25) is 5.91 Å². The largest absolute Gasteiger partial charge is 0.418 e. The highest BCUT2D eigenvalue weighted by Crippen LogP contribution is 2.35. The second kappa shape index (κ2) is 4.97. The molecule has 18 heavy (non-hydrogen) atoms. The third-order valence-corrected chi connectivity index (χ3v) is 2.61. The summed E-state index contributed by atoms with van der Waals surface area (Å²) in [5, 5.41) is 2.27. The second-order valence-electron chi connectivity index (χ2n) is 4.59. The molecule has 100 valence electrons. The van der Waals surface area contributed by atoms with Crippen LogP contribution in [0.1, 0.15) is 19.4 Å². The van der Waals surface area contributed by atoms with Crippen molar-refractivity contribution in [3.05, 3.63) is 29.8 Å². The van der Waals surface area contributed by atoms with Crippen LogP contribution in [0.25, 0.3) is 0 Å². The Morgan fingerprint density at radius 1 is 1.28 bits per heavy atom. The number of carbonyl (C=O) groups is 1. The zero-order chi connectivity index (χ0) is 14.0. The van der Waals surface area contributed by atoms with Crippen molar-refractivity contribution in [2.24, 2.45) is 11.1 Å². The van der Waals surface area contributed by atoms with Gasteiger partial charge in [-0.1, -0.05) is 12.1 Å². The molecule has 0 aromatic heterocycles. The van der Waals surface area contributed by atoms with Crippen molar-refractivity contribution < 1.29 is 18.0 Å². The summed E-state index contributed by atoms with van der Waals surface area (Å²) in [6, 6.07) is 4.84. The molecule has 0 bridgehead atoms. The lowest BCUT2D eigenvalue weighted by atomic mass is 9.92. The van der Waals surface area contributed by atoms with E-state index in [9.17, 15) is 18.0 Å². The average molecular weight is 260 g/mol. The van der Waals surface area contributed by atoms with E-state index in [1.807, 2.05) is 0 Å².